The van der Waals surface area contributed by atoms with E-state index in [9.17, 15) is 0 Å². The summed E-state index contributed by atoms with van der Waals surface area (Å²) >= 11 is 0. The van der Waals surface area contributed by atoms with E-state index in [2.05, 4.69) is 28.4 Å². The van der Waals surface area contributed by atoms with Crippen LogP contribution in [0.2, 0.25) is 0 Å². The van der Waals surface area contributed by atoms with Crippen molar-refractivity contribution in [2.75, 3.05) is 0 Å². The molecule has 0 aliphatic heterocycles. The lowest BCUT2D eigenvalue weighted by Gasteiger charge is -2.27. The summed E-state index contributed by atoms with van der Waals surface area (Å²) in [6, 6.07) is 2.90. The number of hydrogen-bond donors (Lipinski definition) is 1. The van der Waals surface area contributed by atoms with Gasteiger partial charge in [-0.1, -0.05) is 19.8 Å². The van der Waals surface area contributed by atoms with E-state index in [1.807, 2.05) is 24.9 Å². The van der Waals surface area contributed by atoms with Gasteiger partial charge >= 0.3 is 0 Å². The van der Waals surface area contributed by atoms with Crippen LogP contribution in [0.5, 0.6) is 0 Å². The van der Waals surface area contributed by atoms with Gasteiger partial charge in [-0.2, -0.15) is 5.10 Å². The summed E-state index contributed by atoms with van der Waals surface area (Å²) in [4.78, 5) is 4.54. The predicted octanol–water partition coefficient (Wildman–Crippen LogP) is 2.95. The molecule has 1 aliphatic rings. The first kappa shape index (κ1) is 13.6. The van der Waals surface area contributed by atoms with Crippen molar-refractivity contribution in [2.24, 2.45) is 13.0 Å². The molecule has 2 unspecified atom stereocenters. The van der Waals surface area contributed by atoms with E-state index in [1.54, 1.807) is 0 Å². The highest BCUT2D eigenvalue weighted by Gasteiger charge is 2.18. The highest BCUT2D eigenvalue weighted by atomic mass is 15.3. The Morgan fingerprint density at radius 2 is 2.25 bits per heavy atom. The quantitative estimate of drug-likeness (QED) is 0.934. The van der Waals surface area contributed by atoms with Crippen LogP contribution in [0.4, 0.5) is 0 Å². The normalized spacial score (nSPS) is 23.4. The lowest BCUT2D eigenvalue weighted by atomic mass is 9.87. The zero-order valence-electron chi connectivity index (χ0n) is 12.7. The molecule has 1 fully saturated rings. The van der Waals surface area contributed by atoms with Crippen molar-refractivity contribution in [3.05, 3.63) is 23.5 Å². The summed E-state index contributed by atoms with van der Waals surface area (Å²) in [5.41, 5.74) is 3.28. The van der Waals surface area contributed by atoms with Crippen molar-refractivity contribution in [2.45, 2.75) is 52.1 Å². The van der Waals surface area contributed by atoms with Crippen molar-refractivity contribution in [1.82, 2.24) is 20.1 Å². The Bertz CT molecular complexity index is 602. The first-order valence-electron chi connectivity index (χ1n) is 7.65. The zero-order valence-corrected chi connectivity index (χ0v) is 12.7. The number of rotatable bonds is 3. The van der Waals surface area contributed by atoms with Crippen molar-refractivity contribution in [1.29, 1.82) is 0 Å². The van der Waals surface area contributed by atoms with E-state index in [-0.39, 0.29) is 0 Å². The van der Waals surface area contributed by atoms with Gasteiger partial charge in [0, 0.05) is 31.2 Å². The molecule has 4 heteroatoms. The summed E-state index contributed by atoms with van der Waals surface area (Å²) in [6.07, 6.45) is 7.34. The second-order valence-electron chi connectivity index (χ2n) is 6.27. The monoisotopic (exact) mass is 272 g/mol. The van der Waals surface area contributed by atoms with Gasteiger partial charge < -0.3 is 5.32 Å². The summed E-state index contributed by atoms with van der Waals surface area (Å²) in [5, 5.41) is 9.29. The van der Waals surface area contributed by atoms with Crippen molar-refractivity contribution in [3.63, 3.8) is 0 Å². The van der Waals surface area contributed by atoms with Gasteiger partial charge in [0.2, 0.25) is 0 Å². The number of pyridine rings is 1. The second-order valence-corrected chi connectivity index (χ2v) is 6.27. The van der Waals surface area contributed by atoms with Crippen LogP contribution in [-0.2, 0) is 13.6 Å². The molecule has 2 heterocycles. The topological polar surface area (TPSA) is 42.7 Å². The number of nitrogens with one attached hydrogen (secondary N) is 1. The molecule has 20 heavy (non-hydrogen) atoms. The van der Waals surface area contributed by atoms with Crippen LogP contribution in [0, 0.1) is 12.8 Å². The lowest BCUT2D eigenvalue weighted by Crippen LogP contribution is -2.33. The molecule has 2 aromatic rings. The Labute approximate surface area is 120 Å². The minimum Gasteiger partial charge on any atom is -0.310 e. The minimum atomic E-state index is 0.671. The lowest BCUT2D eigenvalue weighted by molar-refractivity contribution is 0.300. The molecular formula is C16H24N4. The Kier molecular flexibility index (Phi) is 3.74. The molecule has 4 nitrogen and oxygen atoms in total. The number of aromatic nitrogens is 3. The van der Waals surface area contributed by atoms with Gasteiger partial charge in [0.25, 0.3) is 0 Å². The maximum Gasteiger partial charge on any atom is 0.157 e. The highest BCUT2D eigenvalue weighted by Crippen LogP contribution is 2.24. The molecule has 0 amide bonds. The molecule has 108 valence electrons. The number of fused-ring (bicyclic) bond motifs is 1. The van der Waals surface area contributed by atoms with Gasteiger partial charge in [0.15, 0.2) is 5.65 Å². The summed E-state index contributed by atoms with van der Waals surface area (Å²) in [5.74, 6) is 0.863. The molecule has 1 N–H and O–H groups in total. The fourth-order valence-corrected chi connectivity index (χ4v) is 3.33. The number of aryl methyl sites for hydroxylation is 2. The third kappa shape index (κ3) is 2.70. The molecule has 0 spiro atoms. The van der Waals surface area contributed by atoms with Crippen molar-refractivity contribution < 1.29 is 0 Å². The van der Waals surface area contributed by atoms with Gasteiger partial charge in [-0.05, 0) is 37.3 Å². The Morgan fingerprint density at radius 1 is 1.40 bits per heavy atom. The number of nitrogens with zero attached hydrogens (tertiary/aromatic N) is 3. The van der Waals surface area contributed by atoms with Crippen LogP contribution < -0.4 is 5.32 Å². The third-order valence-electron chi connectivity index (χ3n) is 4.45. The van der Waals surface area contributed by atoms with Gasteiger partial charge in [-0.15, -0.1) is 0 Å². The first-order chi connectivity index (χ1) is 9.63. The fraction of sp³-hybridized carbons (Fsp3) is 0.625. The maximum absolute atomic E-state index is 4.54. The van der Waals surface area contributed by atoms with Crippen LogP contribution in [0.3, 0.4) is 0 Å². The molecule has 0 aromatic carbocycles. The average Bonchev–Trinajstić information content (AvgIpc) is 2.72. The Morgan fingerprint density at radius 3 is 3.05 bits per heavy atom. The van der Waals surface area contributed by atoms with E-state index in [0.29, 0.717) is 6.04 Å². The molecule has 0 radical (unpaired) electrons. The molecule has 2 atom stereocenters. The minimum absolute atomic E-state index is 0.671. The van der Waals surface area contributed by atoms with Gasteiger partial charge in [-0.25, -0.2) is 4.98 Å². The third-order valence-corrected chi connectivity index (χ3v) is 4.45. The number of hydrogen-bond acceptors (Lipinski definition) is 3. The summed E-state index contributed by atoms with van der Waals surface area (Å²) in [7, 11) is 1.95. The standard InChI is InChI=1S/C16H24N4/c1-11-5-4-6-14(7-11)17-9-13-8-15-12(2)19-20(3)16(15)18-10-13/h8,10-11,14,17H,4-7,9H2,1-3H3. The molecule has 1 aliphatic carbocycles. The molecular weight excluding hydrogens is 248 g/mol. The molecule has 0 bridgehead atoms. The van der Waals surface area contributed by atoms with Gasteiger partial charge in [0.1, 0.15) is 0 Å². The smallest absolute Gasteiger partial charge is 0.157 e. The van der Waals surface area contributed by atoms with Crippen LogP contribution in [0.1, 0.15) is 43.9 Å². The van der Waals surface area contributed by atoms with Gasteiger partial charge in [-0.3, -0.25) is 4.68 Å². The van der Waals surface area contributed by atoms with Crippen LogP contribution in [0.15, 0.2) is 12.3 Å². The predicted molar refractivity (Wildman–Crippen MR) is 81.5 cm³/mol. The van der Waals surface area contributed by atoms with E-state index in [1.165, 1.54) is 36.6 Å². The summed E-state index contributed by atoms with van der Waals surface area (Å²) in [6.45, 7) is 5.32. The van der Waals surface area contributed by atoms with Crippen LogP contribution in [-0.4, -0.2) is 20.8 Å². The average molecular weight is 272 g/mol. The second kappa shape index (κ2) is 5.52. The summed E-state index contributed by atoms with van der Waals surface area (Å²) < 4.78 is 1.85. The molecule has 2 aromatic heterocycles. The molecule has 3 rings (SSSR count). The van der Waals surface area contributed by atoms with Crippen molar-refractivity contribution in [3.8, 4) is 0 Å². The highest BCUT2D eigenvalue weighted by molar-refractivity contribution is 5.78. The Hall–Kier alpha value is -1.42. The zero-order chi connectivity index (χ0) is 14.1. The van der Waals surface area contributed by atoms with Crippen LogP contribution in [0.25, 0.3) is 11.0 Å². The first-order valence-corrected chi connectivity index (χ1v) is 7.65. The fourth-order valence-electron chi connectivity index (χ4n) is 3.33. The van der Waals surface area contributed by atoms with E-state index >= 15 is 0 Å². The van der Waals surface area contributed by atoms with Crippen LogP contribution >= 0.6 is 0 Å². The van der Waals surface area contributed by atoms with E-state index in [0.717, 1.165) is 23.8 Å². The van der Waals surface area contributed by atoms with E-state index in [4.69, 9.17) is 0 Å². The van der Waals surface area contributed by atoms with Gasteiger partial charge in [0.05, 0.1) is 5.69 Å². The molecule has 1 saturated carbocycles. The SMILES string of the molecule is Cc1nn(C)c2ncc(CNC3CCCC(C)C3)cc12. The Balaban J connectivity index is 1.70. The maximum atomic E-state index is 4.54. The molecule has 0 saturated heterocycles. The van der Waals surface area contributed by atoms with Crippen molar-refractivity contribution >= 4 is 11.0 Å². The van der Waals surface area contributed by atoms with E-state index < -0.39 is 0 Å². The largest absolute Gasteiger partial charge is 0.310 e.